The Labute approximate surface area is 219 Å². The van der Waals surface area contributed by atoms with Gasteiger partial charge in [-0.1, -0.05) is 43.0 Å². The first kappa shape index (κ1) is 26.4. The normalized spacial score (nSPS) is 17.4. The molecule has 2 heterocycles. The monoisotopic (exact) mass is 498 g/mol. The van der Waals surface area contributed by atoms with Gasteiger partial charge in [0, 0.05) is 24.3 Å². The van der Waals surface area contributed by atoms with Crippen LogP contribution in [0.2, 0.25) is 0 Å². The van der Waals surface area contributed by atoms with Crippen LogP contribution in [0.5, 0.6) is 0 Å². The Morgan fingerprint density at radius 3 is 2.86 bits per heavy atom. The highest BCUT2D eigenvalue weighted by Crippen LogP contribution is 2.30. The van der Waals surface area contributed by atoms with Gasteiger partial charge in [0.2, 0.25) is 5.91 Å². The largest absolute Gasteiger partial charge is 0.398 e. The van der Waals surface area contributed by atoms with E-state index in [1.807, 2.05) is 26.0 Å². The fraction of sp³-hybridized carbons (Fsp3) is 0.355. The molecule has 3 aromatic rings. The number of hydrogen-bond donors (Lipinski definition) is 3. The number of allylic oxidation sites excluding steroid dienone is 3. The summed E-state index contributed by atoms with van der Waals surface area (Å²) >= 11 is 0. The van der Waals surface area contributed by atoms with Gasteiger partial charge < -0.3 is 16.2 Å². The average molecular weight is 499 g/mol. The molecule has 1 unspecified atom stereocenters. The minimum atomic E-state index is -0.553. The lowest BCUT2D eigenvalue weighted by Gasteiger charge is -2.14. The maximum absolute atomic E-state index is 12.4. The summed E-state index contributed by atoms with van der Waals surface area (Å²) in [5, 5.41) is 8.11. The number of H-pyrrole nitrogens is 1. The first-order valence-electron chi connectivity index (χ1n) is 13.1. The number of hydrogen-bond acceptors (Lipinski definition) is 4. The minimum Gasteiger partial charge on any atom is -0.398 e. The molecular weight excluding hydrogens is 460 g/mol. The zero-order valence-corrected chi connectivity index (χ0v) is 22.0. The van der Waals surface area contributed by atoms with E-state index in [1.54, 1.807) is 12.3 Å². The molecule has 4 rings (SSSR count). The van der Waals surface area contributed by atoms with Gasteiger partial charge in [-0.15, -0.1) is 0 Å². The van der Waals surface area contributed by atoms with Crippen molar-refractivity contribution in [3.05, 3.63) is 88.8 Å². The highest BCUT2D eigenvalue weighted by atomic mass is 16.5. The van der Waals surface area contributed by atoms with Crippen molar-refractivity contribution >= 4 is 28.0 Å². The van der Waals surface area contributed by atoms with E-state index in [9.17, 15) is 4.79 Å². The zero-order valence-electron chi connectivity index (χ0n) is 22.0. The topological polar surface area (TPSA) is 107 Å². The molecule has 0 radical (unpaired) electrons. The van der Waals surface area contributed by atoms with Crippen molar-refractivity contribution in [3.63, 3.8) is 0 Å². The molecule has 194 valence electrons. The van der Waals surface area contributed by atoms with E-state index in [0.29, 0.717) is 17.7 Å². The summed E-state index contributed by atoms with van der Waals surface area (Å²) in [5.74, 6) is 0.174. The van der Waals surface area contributed by atoms with Crippen LogP contribution < -0.4 is 11.5 Å². The Morgan fingerprint density at radius 2 is 2.05 bits per heavy atom. The van der Waals surface area contributed by atoms with Gasteiger partial charge in [0.25, 0.3) is 0 Å². The number of nitrogens with one attached hydrogen (secondary N) is 1. The minimum absolute atomic E-state index is 0.310. The summed E-state index contributed by atoms with van der Waals surface area (Å²) in [7, 11) is 0. The fourth-order valence-corrected chi connectivity index (χ4v) is 5.22. The molecule has 5 N–H and O–H groups in total. The van der Waals surface area contributed by atoms with Crippen LogP contribution >= 0.6 is 0 Å². The summed E-state index contributed by atoms with van der Waals surface area (Å²) in [6, 6.07) is 12.5. The standard InChI is InChI=1S/C31H38N4O2/c1-20(25-8-4-6-24(18-25)12-11-23-7-5-16-37-17-15-23)9-13-26(31(33)36)30(32)22(3)29-21(2)10-14-28-27(29)19-34-35-28/h4,6,8,10,13-14,18-19,23H,1,5,7,9,11-12,15-17,32H2,2-3H3,(H2,33,36)(H,34,35)/b26-13+,30-22-. The number of aromatic amines is 1. The van der Waals surface area contributed by atoms with E-state index in [-0.39, 0.29) is 0 Å². The van der Waals surface area contributed by atoms with Crippen LogP contribution in [0.25, 0.3) is 22.0 Å². The molecule has 2 aromatic carbocycles. The smallest absolute Gasteiger partial charge is 0.250 e. The van der Waals surface area contributed by atoms with E-state index in [4.69, 9.17) is 16.2 Å². The van der Waals surface area contributed by atoms with E-state index >= 15 is 0 Å². The van der Waals surface area contributed by atoms with Gasteiger partial charge >= 0.3 is 0 Å². The molecule has 1 fully saturated rings. The molecule has 1 saturated heterocycles. The number of aromatic nitrogens is 2. The molecule has 0 spiro atoms. The van der Waals surface area contributed by atoms with Crippen LogP contribution in [-0.4, -0.2) is 29.3 Å². The number of ether oxygens (including phenoxy) is 1. The SMILES string of the molecule is C=C(C/C=C(C(N)=O)\C(N)=C(/C)c1c(C)ccc2[nH]ncc12)c1cccc(CCC2CCCOCC2)c1. The van der Waals surface area contributed by atoms with Crippen LogP contribution in [0.1, 0.15) is 61.3 Å². The quantitative estimate of drug-likeness (QED) is 0.255. The summed E-state index contributed by atoms with van der Waals surface area (Å²) in [4.78, 5) is 12.4. The predicted octanol–water partition coefficient (Wildman–Crippen LogP) is 5.83. The van der Waals surface area contributed by atoms with Gasteiger partial charge in [-0.25, -0.2) is 0 Å². The fourth-order valence-electron chi connectivity index (χ4n) is 5.22. The van der Waals surface area contributed by atoms with Crippen LogP contribution in [-0.2, 0) is 16.0 Å². The average Bonchev–Trinajstić information content (AvgIpc) is 3.21. The Balaban J connectivity index is 1.51. The van der Waals surface area contributed by atoms with Crippen LogP contribution in [0, 0.1) is 12.8 Å². The van der Waals surface area contributed by atoms with Gasteiger partial charge in [-0.2, -0.15) is 5.10 Å². The van der Waals surface area contributed by atoms with E-state index in [0.717, 1.165) is 77.1 Å². The number of fused-ring (bicyclic) bond motifs is 1. The van der Waals surface area contributed by atoms with E-state index in [2.05, 4.69) is 41.0 Å². The molecule has 0 aliphatic carbocycles. The third kappa shape index (κ3) is 6.38. The molecule has 37 heavy (non-hydrogen) atoms. The van der Waals surface area contributed by atoms with Crippen molar-refractivity contribution < 1.29 is 9.53 Å². The Bertz CT molecular complexity index is 1340. The second kappa shape index (κ2) is 12.1. The molecule has 1 atom stereocenters. The third-order valence-electron chi connectivity index (χ3n) is 7.47. The summed E-state index contributed by atoms with van der Waals surface area (Å²) < 4.78 is 5.60. The number of benzene rings is 2. The Morgan fingerprint density at radius 1 is 1.22 bits per heavy atom. The molecule has 1 aliphatic heterocycles. The van der Waals surface area contributed by atoms with Gasteiger partial charge in [0.1, 0.15) is 0 Å². The van der Waals surface area contributed by atoms with Crippen molar-refractivity contribution in [1.82, 2.24) is 10.2 Å². The molecule has 1 aromatic heterocycles. The summed E-state index contributed by atoms with van der Waals surface area (Å²) in [5.41, 5.74) is 20.0. The van der Waals surface area contributed by atoms with E-state index in [1.165, 1.54) is 18.4 Å². The highest BCUT2D eigenvalue weighted by molar-refractivity contribution is 6.01. The molecule has 1 aliphatic rings. The Kier molecular flexibility index (Phi) is 8.62. The highest BCUT2D eigenvalue weighted by Gasteiger charge is 2.17. The number of carbonyl (C=O) groups excluding carboxylic acids is 1. The number of nitrogens with zero attached hydrogens (tertiary/aromatic N) is 1. The second-order valence-corrected chi connectivity index (χ2v) is 10.1. The maximum Gasteiger partial charge on any atom is 0.250 e. The number of rotatable bonds is 9. The molecule has 6 nitrogen and oxygen atoms in total. The number of amides is 1. The predicted molar refractivity (Wildman–Crippen MR) is 151 cm³/mol. The Hall–Kier alpha value is -3.64. The van der Waals surface area contributed by atoms with Crippen LogP contribution in [0.4, 0.5) is 0 Å². The van der Waals surface area contributed by atoms with Crippen molar-refractivity contribution in [1.29, 1.82) is 0 Å². The third-order valence-corrected chi connectivity index (χ3v) is 7.47. The van der Waals surface area contributed by atoms with Crippen molar-refractivity contribution in [2.45, 2.75) is 52.4 Å². The van der Waals surface area contributed by atoms with Gasteiger partial charge in [-0.3, -0.25) is 9.89 Å². The zero-order chi connectivity index (χ0) is 26.4. The van der Waals surface area contributed by atoms with Crippen molar-refractivity contribution in [2.75, 3.05) is 13.2 Å². The first-order valence-corrected chi connectivity index (χ1v) is 13.1. The molecule has 0 saturated carbocycles. The lowest BCUT2D eigenvalue weighted by molar-refractivity contribution is -0.114. The van der Waals surface area contributed by atoms with Gasteiger partial charge in [-0.05, 0) is 97.8 Å². The molecular formula is C31H38N4O2. The van der Waals surface area contributed by atoms with E-state index < -0.39 is 5.91 Å². The first-order chi connectivity index (χ1) is 17.8. The number of carbonyl (C=O) groups is 1. The van der Waals surface area contributed by atoms with Gasteiger partial charge in [0.05, 0.1) is 17.3 Å². The molecule has 0 bridgehead atoms. The maximum atomic E-state index is 12.4. The second-order valence-electron chi connectivity index (χ2n) is 10.1. The lowest BCUT2D eigenvalue weighted by Crippen LogP contribution is -2.20. The van der Waals surface area contributed by atoms with Crippen LogP contribution in [0.15, 0.2) is 66.5 Å². The summed E-state index contributed by atoms with van der Waals surface area (Å²) in [6.07, 6.45) is 9.82. The number of nitrogens with two attached hydrogens (primary N) is 2. The lowest BCUT2D eigenvalue weighted by atomic mass is 9.91. The molecule has 6 heteroatoms. The number of primary amides is 1. The van der Waals surface area contributed by atoms with Crippen molar-refractivity contribution in [2.24, 2.45) is 17.4 Å². The summed E-state index contributed by atoms with van der Waals surface area (Å²) in [6.45, 7) is 9.99. The van der Waals surface area contributed by atoms with Crippen molar-refractivity contribution in [3.8, 4) is 0 Å². The molecule has 1 amide bonds. The number of aryl methyl sites for hydroxylation is 2. The van der Waals surface area contributed by atoms with Gasteiger partial charge in [0.15, 0.2) is 0 Å². The van der Waals surface area contributed by atoms with Crippen LogP contribution in [0.3, 0.4) is 0 Å².